The zero-order chi connectivity index (χ0) is 60.6. The van der Waals surface area contributed by atoms with Crippen LogP contribution in [-0.4, -0.2) is 47.4 Å². The Kier molecular flexibility index (Phi) is 72.3. The molecule has 1 amide bonds. The molecule has 0 fully saturated rings. The van der Waals surface area contributed by atoms with E-state index < -0.39 is 12.1 Å². The summed E-state index contributed by atoms with van der Waals surface area (Å²) in [6, 6.07) is -0.539. The first-order valence-corrected chi connectivity index (χ1v) is 38.6. The number of carbonyl (C=O) groups excluding carboxylic acids is 2. The molecule has 0 aliphatic rings. The Morgan fingerprint density at radius 1 is 0.333 bits per heavy atom. The minimum atomic E-state index is -0.662. The van der Waals surface area contributed by atoms with Gasteiger partial charge in [0.15, 0.2) is 0 Å². The van der Waals surface area contributed by atoms with Crippen molar-refractivity contribution in [2.45, 2.75) is 450 Å². The van der Waals surface area contributed by atoms with E-state index in [4.69, 9.17) is 4.74 Å². The molecule has 0 heterocycles. The molecule has 2 atom stereocenters. The molecule has 6 heteroatoms. The quantitative estimate of drug-likeness (QED) is 0.0320. The summed E-state index contributed by atoms with van der Waals surface area (Å²) in [6.45, 7) is 4.98. The van der Waals surface area contributed by atoms with Gasteiger partial charge in [-0.15, -0.1) is 0 Å². The summed E-state index contributed by atoms with van der Waals surface area (Å²) in [5.74, 6) is -0.00929. The molecule has 0 bridgehead atoms. The van der Waals surface area contributed by atoms with Crippen LogP contribution in [0.5, 0.6) is 0 Å². The number of amides is 1. The van der Waals surface area contributed by atoms with Gasteiger partial charge in [0.25, 0.3) is 0 Å². The fourth-order valence-electron chi connectivity index (χ4n) is 12.4. The summed E-state index contributed by atoms with van der Waals surface area (Å²) >= 11 is 0. The molecule has 0 aliphatic carbocycles. The third-order valence-corrected chi connectivity index (χ3v) is 18.3. The summed E-state index contributed by atoms with van der Waals surface area (Å²) < 4.78 is 5.51. The summed E-state index contributed by atoms with van der Waals surface area (Å²) in [6.07, 6.45) is 94.0. The average molecular weight is 1180 g/mol. The second-order valence-corrected chi connectivity index (χ2v) is 26.7. The van der Waals surface area contributed by atoms with E-state index in [9.17, 15) is 19.8 Å². The van der Waals surface area contributed by atoms with Crippen LogP contribution in [0.4, 0.5) is 0 Å². The van der Waals surface area contributed by atoms with E-state index in [1.165, 1.54) is 353 Å². The number of carbonyl (C=O) groups is 2. The molecule has 0 aromatic carbocycles. The molecule has 498 valence electrons. The highest BCUT2D eigenvalue weighted by atomic mass is 16.5. The second kappa shape index (κ2) is 73.8. The molecule has 0 aromatic heterocycles. The summed E-state index contributed by atoms with van der Waals surface area (Å²) in [7, 11) is 0. The van der Waals surface area contributed by atoms with Crippen molar-refractivity contribution >= 4 is 11.9 Å². The van der Waals surface area contributed by atoms with Gasteiger partial charge in [0.2, 0.25) is 5.91 Å². The van der Waals surface area contributed by atoms with Crippen LogP contribution >= 0.6 is 0 Å². The van der Waals surface area contributed by atoms with E-state index in [2.05, 4.69) is 43.5 Å². The van der Waals surface area contributed by atoms with Gasteiger partial charge in [-0.3, -0.25) is 9.59 Å². The van der Waals surface area contributed by atoms with Crippen LogP contribution in [0.25, 0.3) is 0 Å². The van der Waals surface area contributed by atoms with Crippen molar-refractivity contribution in [3.8, 4) is 0 Å². The summed E-state index contributed by atoms with van der Waals surface area (Å²) in [5.41, 5.74) is 0. The Bertz CT molecular complexity index is 1320. The van der Waals surface area contributed by atoms with Gasteiger partial charge in [-0.05, 0) is 57.8 Å². The minimum absolute atomic E-state index is 0.0173. The van der Waals surface area contributed by atoms with Gasteiger partial charge in [0.05, 0.1) is 25.4 Å². The Labute approximate surface area is 526 Å². The molecule has 0 saturated carbocycles. The maximum absolute atomic E-state index is 12.5. The van der Waals surface area contributed by atoms with Gasteiger partial charge < -0.3 is 20.3 Å². The number of ether oxygens (including phenoxy) is 1. The highest BCUT2D eigenvalue weighted by Crippen LogP contribution is 2.20. The van der Waals surface area contributed by atoms with Gasteiger partial charge in [0.1, 0.15) is 0 Å². The van der Waals surface area contributed by atoms with Crippen molar-refractivity contribution in [2.24, 2.45) is 0 Å². The monoisotopic (exact) mass is 1180 g/mol. The largest absolute Gasteiger partial charge is 0.466 e. The van der Waals surface area contributed by atoms with Crippen LogP contribution in [0, 0.1) is 0 Å². The lowest BCUT2D eigenvalue weighted by Crippen LogP contribution is -2.45. The number of unbranched alkanes of at least 4 members (excludes halogenated alkanes) is 58. The van der Waals surface area contributed by atoms with E-state index >= 15 is 0 Å². The minimum Gasteiger partial charge on any atom is -0.466 e. The normalized spacial score (nSPS) is 12.6. The fourth-order valence-corrected chi connectivity index (χ4v) is 12.4. The van der Waals surface area contributed by atoms with E-state index in [1.807, 2.05) is 0 Å². The molecule has 0 saturated heterocycles. The van der Waals surface area contributed by atoms with Crippen LogP contribution in [0.2, 0.25) is 0 Å². The molecule has 84 heavy (non-hydrogen) atoms. The van der Waals surface area contributed by atoms with Crippen molar-refractivity contribution in [1.29, 1.82) is 0 Å². The lowest BCUT2D eigenvalue weighted by atomic mass is 10.0. The number of hydrogen-bond acceptors (Lipinski definition) is 5. The SMILES string of the molecule is CCCCC/C=C\C/C=C\CCCCCCCCCCCC(=O)OCCCCCCCCCCCCCCCCCCCCCCCCCCCCCCCCC(=O)NC(CO)C(O)CCCCCCCCCCCCCCCCCCCC. The zero-order valence-electron chi connectivity index (χ0n) is 57.2. The van der Waals surface area contributed by atoms with Crippen LogP contribution < -0.4 is 5.32 Å². The average Bonchev–Trinajstić information content (AvgIpc) is 3.51. The van der Waals surface area contributed by atoms with Gasteiger partial charge in [-0.1, -0.05) is 391 Å². The van der Waals surface area contributed by atoms with Crippen molar-refractivity contribution < 1.29 is 24.5 Å². The fraction of sp³-hybridized carbons (Fsp3) is 0.923. The third kappa shape index (κ3) is 69.4. The number of allylic oxidation sites excluding steroid dienone is 4. The van der Waals surface area contributed by atoms with Crippen LogP contribution in [0.1, 0.15) is 438 Å². The predicted octanol–water partition coefficient (Wildman–Crippen LogP) is 25.3. The highest BCUT2D eigenvalue weighted by molar-refractivity contribution is 5.76. The van der Waals surface area contributed by atoms with Crippen LogP contribution in [0.3, 0.4) is 0 Å². The maximum Gasteiger partial charge on any atom is 0.305 e. The molecular formula is C78H151NO5. The second-order valence-electron chi connectivity index (χ2n) is 26.7. The highest BCUT2D eigenvalue weighted by Gasteiger charge is 2.20. The van der Waals surface area contributed by atoms with Gasteiger partial charge in [-0.25, -0.2) is 0 Å². The van der Waals surface area contributed by atoms with Gasteiger partial charge in [0, 0.05) is 12.8 Å². The van der Waals surface area contributed by atoms with Gasteiger partial charge in [-0.2, -0.15) is 0 Å². The zero-order valence-corrected chi connectivity index (χ0v) is 57.2. The Hall–Kier alpha value is -1.66. The molecule has 0 aromatic rings. The van der Waals surface area contributed by atoms with E-state index in [0.717, 1.165) is 51.4 Å². The molecule has 0 radical (unpaired) electrons. The predicted molar refractivity (Wildman–Crippen MR) is 370 cm³/mol. The molecule has 6 nitrogen and oxygen atoms in total. The number of aliphatic hydroxyl groups excluding tert-OH is 2. The lowest BCUT2D eigenvalue weighted by Gasteiger charge is -2.22. The summed E-state index contributed by atoms with van der Waals surface area (Å²) in [5, 5.41) is 23.4. The van der Waals surface area contributed by atoms with E-state index in [0.29, 0.717) is 25.9 Å². The number of rotatable bonds is 73. The third-order valence-electron chi connectivity index (χ3n) is 18.3. The molecule has 3 N–H and O–H groups in total. The van der Waals surface area contributed by atoms with Crippen molar-refractivity contribution in [2.75, 3.05) is 13.2 Å². The number of nitrogens with one attached hydrogen (secondary N) is 1. The molecule has 0 aliphatic heterocycles. The van der Waals surface area contributed by atoms with Crippen LogP contribution in [-0.2, 0) is 14.3 Å². The van der Waals surface area contributed by atoms with Gasteiger partial charge >= 0.3 is 5.97 Å². The Morgan fingerprint density at radius 3 is 0.929 bits per heavy atom. The standard InChI is InChI=1S/C78H151NO5/c1-3-5-7-9-11-13-15-17-19-21-35-40-44-48-52-56-60-64-68-72-78(83)84-73-69-65-61-57-53-49-45-41-37-34-32-30-28-26-24-23-25-27-29-31-33-36-39-43-47-51-55-59-63-67-71-77(82)79-75(74-80)76(81)70-66-62-58-54-50-46-42-38-22-20-18-16-14-12-10-8-6-4-2/h11,13,17,19,75-76,80-81H,3-10,12,14-16,18,20-74H2,1-2H3,(H,79,82)/b13-11-,19-17-. The maximum atomic E-state index is 12.5. The molecule has 2 unspecified atom stereocenters. The van der Waals surface area contributed by atoms with Crippen molar-refractivity contribution in [3.05, 3.63) is 24.3 Å². The summed E-state index contributed by atoms with van der Waals surface area (Å²) in [4.78, 5) is 24.7. The smallest absolute Gasteiger partial charge is 0.305 e. The van der Waals surface area contributed by atoms with Crippen molar-refractivity contribution in [3.63, 3.8) is 0 Å². The van der Waals surface area contributed by atoms with E-state index in [1.54, 1.807) is 0 Å². The van der Waals surface area contributed by atoms with E-state index in [-0.39, 0.29) is 18.5 Å². The topological polar surface area (TPSA) is 95.9 Å². The number of hydrogen-bond donors (Lipinski definition) is 3. The Morgan fingerprint density at radius 2 is 0.595 bits per heavy atom. The first kappa shape index (κ1) is 82.3. The molecule has 0 rings (SSSR count). The first-order valence-electron chi connectivity index (χ1n) is 38.6. The Balaban J connectivity index is 3.32. The van der Waals surface area contributed by atoms with Crippen LogP contribution in [0.15, 0.2) is 24.3 Å². The lowest BCUT2D eigenvalue weighted by molar-refractivity contribution is -0.143. The number of aliphatic hydroxyl groups is 2. The molecule has 0 spiro atoms. The number of esters is 1. The van der Waals surface area contributed by atoms with Crippen molar-refractivity contribution in [1.82, 2.24) is 5.32 Å². The first-order chi connectivity index (χ1) is 41.5. The molecular weight excluding hydrogens is 1030 g/mol.